The van der Waals surface area contributed by atoms with Crippen LogP contribution in [-0.2, 0) is 15.1 Å². The van der Waals surface area contributed by atoms with Gasteiger partial charge in [-0.2, -0.15) is 0 Å². The van der Waals surface area contributed by atoms with Crippen LogP contribution >= 0.6 is 0 Å². The van der Waals surface area contributed by atoms with Crippen LogP contribution in [0.2, 0.25) is 0 Å². The van der Waals surface area contributed by atoms with Crippen molar-refractivity contribution in [1.82, 2.24) is 0 Å². The summed E-state index contributed by atoms with van der Waals surface area (Å²) < 4.78 is 4.59. The largest absolute Gasteiger partial charge is 0.469 e. The van der Waals surface area contributed by atoms with Crippen LogP contribution in [0, 0.1) is 10.1 Å². The van der Waals surface area contributed by atoms with E-state index in [4.69, 9.17) is 5.73 Å². The number of rotatable bonds is 5. The van der Waals surface area contributed by atoms with Crippen LogP contribution in [0.4, 0.5) is 5.69 Å². The van der Waals surface area contributed by atoms with Gasteiger partial charge in [0.2, 0.25) is 0 Å². The number of carbonyl (C=O) groups excluding carboxylic acids is 1. The van der Waals surface area contributed by atoms with E-state index in [1.165, 1.54) is 19.2 Å². The first-order valence-corrected chi connectivity index (χ1v) is 5.53. The molecule has 18 heavy (non-hydrogen) atoms. The Bertz CT molecular complexity index is 461. The third-order valence-electron chi connectivity index (χ3n) is 2.95. The van der Waals surface area contributed by atoms with Crippen molar-refractivity contribution in [2.24, 2.45) is 5.73 Å². The molecule has 0 aliphatic heterocycles. The Morgan fingerprint density at radius 3 is 2.72 bits per heavy atom. The normalized spacial score (nSPS) is 13.7. The van der Waals surface area contributed by atoms with Gasteiger partial charge in [-0.1, -0.05) is 19.1 Å². The van der Waals surface area contributed by atoms with Crippen LogP contribution < -0.4 is 5.73 Å². The molecule has 0 saturated heterocycles. The van der Waals surface area contributed by atoms with Gasteiger partial charge in [0.15, 0.2) is 0 Å². The average Bonchev–Trinajstić information content (AvgIpc) is 2.38. The van der Waals surface area contributed by atoms with Crippen molar-refractivity contribution in [3.63, 3.8) is 0 Å². The Morgan fingerprint density at radius 2 is 2.22 bits per heavy atom. The van der Waals surface area contributed by atoms with Crippen LogP contribution in [0.15, 0.2) is 24.3 Å². The van der Waals surface area contributed by atoms with E-state index in [0.29, 0.717) is 12.0 Å². The molecule has 1 unspecified atom stereocenters. The molecule has 2 N–H and O–H groups in total. The van der Waals surface area contributed by atoms with Crippen LogP contribution in [0.25, 0.3) is 0 Å². The highest BCUT2D eigenvalue weighted by Crippen LogP contribution is 2.28. The van der Waals surface area contributed by atoms with E-state index in [1.54, 1.807) is 12.1 Å². The number of hydrogen-bond donors (Lipinski definition) is 1. The van der Waals surface area contributed by atoms with Gasteiger partial charge in [0.1, 0.15) is 0 Å². The fourth-order valence-corrected chi connectivity index (χ4v) is 1.69. The molecule has 0 aliphatic carbocycles. The lowest BCUT2D eigenvalue weighted by Crippen LogP contribution is -2.38. The molecule has 0 spiro atoms. The Kier molecular flexibility index (Phi) is 4.38. The van der Waals surface area contributed by atoms with Crippen molar-refractivity contribution in [2.45, 2.75) is 25.3 Å². The van der Waals surface area contributed by atoms with Gasteiger partial charge in [-0.15, -0.1) is 0 Å². The molecule has 1 aromatic rings. The Labute approximate surface area is 105 Å². The number of carbonyl (C=O) groups is 1. The summed E-state index contributed by atoms with van der Waals surface area (Å²) in [5.41, 5.74) is 5.71. The molecule has 98 valence electrons. The fourth-order valence-electron chi connectivity index (χ4n) is 1.69. The summed E-state index contributed by atoms with van der Waals surface area (Å²) in [5, 5.41) is 10.7. The van der Waals surface area contributed by atoms with E-state index in [0.717, 1.165) is 0 Å². The highest BCUT2D eigenvalue weighted by Gasteiger charge is 2.30. The van der Waals surface area contributed by atoms with Crippen molar-refractivity contribution in [3.8, 4) is 0 Å². The predicted molar refractivity (Wildman–Crippen MR) is 65.9 cm³/mol. The topological polar surface area (TPSA) is 95.5 Å². The second kappa shape index (κ2) is 5.59. The number of methoxy groups -OCH3 is 1. The number of ether oxygens (including phenoxy) is 1. The van der Waals surface area contributed by atoms with Crippen LogP contribution in [0.5, 0.6) is 0 Å². The first-order valence-electron chi connectivity index (χ1n) is 5.53. The van der Waals surface area contributed by atoms with Gasteiger partial charge in [-0.25, -0.2) is 0 Å². The number of non-ortho nitro benzene ring substituents is 1. The predicted octanol–water partition coefficient (Wildman–Crippen LogP) is 1.72. The number of nitro groups is 1. The molecule has 0 bridgehead atoms. The minimum absolute atomic E-state index is 0.0127. The van der Waals surface area contributed by atoms with Gasteiger partial charge >= 0.3 is 5.97 Å². The summed E-state index contributed by atoms with van der Waals surface area (Å²) >= 11 is 0. The molecule has 1 aromatic carbocycles. The zero-order valence-corrected chi connectivity index (χ0v) is 10.4. The molecule has 0 aromatic heterocycles. The highest BCUT2D eigenvalue weighted by atomic mass is 16.6. The average molecular weight is 252 g/mol. The Morgan fingerprint density at radius 1 is 1.56 bits per heavy atom. The van der Waals surface area contributed by atoms with E-state index in [2.05, 4.69) is 4.74 Å². The number of nitrogens with two attached hydrogens (primary N) is 1. The van der Waals surface area contributed by atoms with E-state index in [-0.39, 0.29) is 12.1 Å². The maximum atomic E-state index is 11.3. The second-order valence-electron chi connectivity index (χ2n) is 4.07. The third kappa shape index (κ3) is 3.04. The fraction of sp³-hybridized carbons (Fsp3) is 0.417. The van der Waals surface area contributed by atoms with Crippen LogP contribution in [-0.4, -0.2) is 18.0 Å². The van der Waals surface area contributed by atoms with E-state index >= 15 is 0 Å². The molecule has 6 nitrogen and oxygen atoms in total. The van der Waals surface area contributed by atoms with Gasteiger partial charge in [0.25, 0.3) is 5.69 Å². The van der Waals surface area contributed by atoms with Gasteiger partial charge in [0, 0.05) is 12.1 Å². The maximum Gasteiger partial charge on any atom is 0.307 e. The summed E-state index contributed by atoms with van der Waals surface area (Å²) in [7, 11) is 1.28. The van der Waals surface area contributed by atoms with Crippen molar-refractivity contribution in [2.75, 3.05) is 7.11 Å². The number of esters is 1. The molecule has 0 saturated carbocycles. The van der Waals surface area contributed by atoms with Gasteiger partial charge in [0.05, 0.1) is 24.0 Å². The third-order valence-corrected chi connectivity index (χ3v) is 2.95. The summed E-state index contributed by atoms with van der Waals surface area (Å²) in [6.07, 6.45) is 0.463. The smallest absolute Gasteiger partial charge is 0.307 e. The molecule has 0 fully saturated rings. The van der Waals surface area contributed by atoms with Crippen molar-refractivity contribution >= 4 is 11.7 Å². The quantitative estimate of drug-likeness (QED) is 0.489. The standard InChI is InChI=1S/C12H16N2O4/c1-3-12(13,8-11(15)18-2)9-5-4-6-10(7-9)14(16)17/h4-7H,3,8,13H2,1-2H3. The lowest BCUT2D eigenvalue weighted by atomic mass is 9.85. The lowest BCUT2D eigenvalue weighted by Gasteiger charge is -2.27. The minimum Gasteiger partial charge on any atom is -0.469 e. The molecule has 0 radical (unpaired) electrons. The van der Waals surface area contributed by atoms with Crippen LogP contribution in [0.1, 0.15) is 25.3 Å². The van der Waals surface area contributed by atoms with E-state index in [9.17, 15) is 14.9 Å². The monoisotopic (exact) mass is 252 g/mol. The molecule has 1 rings (SSSR count). The summed E-state index contributed by atoms with van der Waals surface area (Å²) in [6.45, 7) is 1.82. The van der Waals surface area contributed by atoms with Crippen molar-refractivity contribution < 1.29 is 14.5 Å². The highest BCUT2D eigenvalue weighted by molar-refractivity contribution is 5.71. The number of nitro benzene ring substituents is 1. The molecule has 6 heteroatoms. The van der Waals surface area contributed by atoms with E-state index in [1.807, 2.05) is 6.92 Å². The Balaban J connectivity index is 3.11. The van der Waals surface area contributed by atoms with Gasteiger partial charge in [-0.05, 0) is 12.0 Å². The number of benzene rings is 1. The Hall–Kier alpha value is -1.95. The molecule has 0 aliphatic rings. The molecular formula is C12H16N2O4. The first-order chi connectivity index (χ1) is 8.42. The van der Waals surface area contributed by atoms with Gasteiger partial charge in [-0.3, -0.25) is 14.9 Å². The molecule has 1 atom stereocenters. The summed E-state index contributed by atoms with van der Waals surface area (Å²) in [6, 6.07) is 6.02. The molecule has 0 heterocycles. The van der Waals surface area contributed by atoms with Crippen molar-refractivity contribution in [1.29, 1.82) is 0 Å². The van der Waals surface area contributed by atoms with Crippen molar-refractivity contribution in [3.05, 3.63) is 39.9 Å². The summed E-state index contributed by atoms with van der Waals surface area (Å²) in [5.74, 6) is -0.439. The second-order valence-corrected chi connectivity index (χ2v) is 4.07. The zero-order valence-electron chi connectivity index (χ0n) is 10.4. The number of hydrogen-bond acceptors (Lipinski definition) is 5. The van der Waals surface area contributed by atoms with Crippen LogP contribution in [0.3, 0.4) is 0 Å². The molecule has 0 amide bonds. The SMILES string of the molecule is CCC(N)(CC(=O)OC)c1cccc([N+](=O)[O-])c1. The lowest BCUT2D eigenvalue weighted by molar-refractivity contribution is -0.385. The minimum atomic E-state index is -0.945. The van der Waals surface area contributed by atoms with Gasteiger partial charge < -0.3 is 10.5 Å². The maximum absolute atomic E-state index is 11.3. The first kappa shape index (κ1) is 14.1. The zero-order chi connectivity index (χ0) is 13.8. The van der Waals surface area contributed by atoms with E-state index < -0.39 is 16.4 Å². The molecular weight excluding hydrogens is 236 g/mol. The summed E-state index contributed by atoms with van der Waals surface area (Å²) in [4.78, 5) is 21.6. The number of nitrogens with zero attached hydrogens (tertiary/aromatic N) is 1.